The van der Waals surface area contributed by atoms with Crippen molar-refractivity contribution < 1.29 is 9.59 Å². The van der Waals surface area contributed by atoms with E-state index in [1.807, 2.05) is 44.4 Å². The third-order valence-electron chi connectivity index (χ3n) is 3.40. The van der Waals surface area contributed by atoms with E-state index in [9.17, 15) is 9.59 Å². The summed E-state index contributed by atoms with van der Waals surface area (Å²) in [5.41, 5.74) is 1.17. The van der Waals surface area contributed by atoms with Gasteiger partial charge < -0.3 is 15.1 Å². The van der Waals surface area contributed by atoms with Gasteiger partial charge in [0.25, 0.3) is 0 Å². The Kier molecular flexibility index (Phi) is 8.22. The van der Waals surface area contributed by atoms with Crippen LogP contribution in [0.3, 0.4) is 0 Å². The topological polar surface area (TPSA) is 52.7 Å². The molecule has 1 aromatic carbocycles. The van der Waals surface area contributed by atoms with Crippen LogP contribution in [0.2, 0.25) is 0 Å². The van der Waals surface area contributed by atoms with E-state index >= 15 is 0 Å². The lowest BCUT2D eigenvalue weighted by atomic mass is 10.1. The van der Waals surface area contributed by atoms with E-state index in [1.54, 1.807) is 4.90 Å². The Morgan fingerprint density at radius 2 is 1.77 bits per heavy atom. The first kappa shape index (κ1) is 18.2. The molecule has 0 radical (unpaired) electrons. The molecule has 2 amide bonds. The fraction of sp³-hybridized carbons (Fsp3) is 0.529. The molecule has 0 aliphatic heterocycles. The number of hydrogen-bond acceptors (Lipinski definition) is 3. The normalized spacial score (nSPS) is 10.5. The first-order valence-electron chi connectivity index (χ1n) is 7.70. The van der Waals surface area contributed by atoms with Gasteiger partial charge in [0, 0.05) is 20.0 Å². The first-order valence-corrected chi connectivity index (χ1v) is 7.70. The molecule has 1 N–H and O–H groups in total. The fourth-order valence-corrected chi connectivity index (χ4v) is 2.11. The molecular weight excluding hydrogens is 278 g/mol. The van der Waals surface area contributed by atoms with E-state index < -0.39 is 0 Å². The standard InChI is InChI=1S/C17H27N3O2/c1-15(21)20(13-10-16-8-5-4-6-9-16)14-17(22)18-11-7-12-19(2)3/h4-6,8-9H,7,10-14H2,1-3H3,(H,18,22). The third kappa shape index (κ3) is 7.78. The summed E-state index contributed by atoms with van der Waals surface area (Å²) in [6.45, 7) is 3.77. The van der Waals surface area contributed by atoms with Crippen LogP contribution >= 0.6 is 0 Å². The number of benzene rings is 1. The smallest absolute Gasteiger partial charge is 0.239 e. The van der Waals surface area contributed by atoms with Crippen LogP contribution in [-0.2, 0) is 16.0 Å². The second kappa shape index (κ2) is 9.95. The lowest BCUT2D eigenvalue weighted by Gasteiger charge is -2.20. The highest BCUT2D eigenvalue weighted by Crippen LogP contribution is 2.02. The lowest BCUT2D eigenvalue weighted by molar-refractivity contribution is -0.134. The second-order valence-corrected chi connectivity index (χ2v) is 5.68. The summed E-state index contributed by atoms with van der Waals surface area (Å²) in [7, 11) is 4.01. The maximum atomic E-state index is 11.9. The largest absolute Gasteiger partial charge is 0.355 e. The summed E-state index contributed by atoms with van der Waals surface area (Å²) in [4.78, 5) is 27.2. The number of nitrogens with one attached hydrogen (secondary N) is 1. The van der Waals surface area contributed by atoms with Crippen molar-refractivity contribution in [2.24, 2.45) is 0 Å². The molecule has 22 heavy (non-hydrogen) atoms. The van der Waals surface area contributed by atoms with E-state index in [0.717, 1.165) is 19.4 Å². The van der Waals surface area contributed by atoms with Crippen LogP contribution in [0.1, 0.15) is 18.9 Å². The number of amides is 2. The zero-order valence-electron chi connectivity index (χ0n) is 13.8. The molecular formula is C17H27N3O2. The summed E-state index contributed by atoms with van der Waals surface area (Å²) in [6.07, 6.45) is 1.66. The zero-order chi connectivity index (χ0) is 16.4. The monoisotopic (exact) mass is 305 g/mol. The van der Waals surface area contributed by atoms with Crippen LogP contribution in [-0.4, -0.2) is 61.9 Å². The van der Waals surface area contributed by atoms with Crippen molar-refractivity contribution in [2.45, 2.75) is 19.8 Å². The number of carbonyl (C=O) groups excluding carboxylic acids is 2. The first-order chi connectivity index (χ1) is 10.5. The molecule has 0 saturated carbocycles. The maximum Gasteiger partial charge on any atom is 0.239 e. The molecule has 0 atom stereocenters. The van der Waals surface area contributed by atoms with Crippen molar-refractivity contribution in [3.8, 4) is 0 Å². The highest BCUT2D eigenvalue weighted by atomic mass is 16.2. The molecule has 122 valence electrons. The van der Waals surface area contributed by atoms with Gasteiger partial charge >= 0.3 is 0 Å². The van der Waals surface area contributed by atoms with E-state index in [0.29, 0.717) is 13.1 Å². The van der Waals surface area contributed by atoms with Gasteiger partial charge in [-0.15, -0.1) is 0 Å². The van der Waals surface area contributed by atoms with E-state index in [2.05, 4.69) is 10.2 Å². The summed E-state index contributed by atoms with van der Waals surface area (Å²) in [5.74, 6) is -0.165. The zero-order valence-corrected chi connectivity index (χ0v) is 13.8. The SMILES string of the molecule is CC(=O)N(CCc1ccccc1)CC(=O)NCCCN(C)C. The van der Waals surface area contributed by atoms with Gasteiger partial charge in [-0.1, -0.05) is 30.3 Å². The van der Waals surface area contributed by atoms with Crippen molar-refractivity contribution in [1.82, 2.24) is 15.1 Å². The Bertz CT molecular complexity index is 460. The number of hydrogen-bond donors (Lipinski definition) is 1. The fourth-order valence-electron chi connectivity index (χ4n) is 2.11. The van der Waals surface area contributed by atoms with Crippen molar-refractivity contribution in [2.75, 3.05) is 40.3 Å². The minimum absolute atomic E-state index is 0.0700. The van der Waals surface area contributed by atoms with E-state index in [4.69, 9.17) is 0 Å². The van der Waals surface area contributed by atoms with E-state index in [-0.39, 0.29) is 18.4 Å². The maximum absolute atomic E-state index is 11.9. The molecule has 1 rings (SSSR count). The molecule has 0 heterocycles. The highest BCUT2D eigenvalue weighted by Gasteiger charge is 2.13. The number of carbonyl (C=O) groups is 2. The van der Waals surface area contributed by atoms with Crippen molar-refractivity contribution in [1.29, 1.82) is 0 Å². The van der Waals surface area contributed by atoms with Crippen LogP contribution in [0.5, 0.6) is 0 Å². The molecule has 0 aliphatic rings. The van der Waals surface area contributed by atoms with Gasteiger partial charge in [0.2, 0.25) is 11.8 Å². The second-order valence-electron chi connectivity index (χ2n) is 5.68. The Labute approximate surface area is 133 Å². The Hall–Kier alpha value is -1.88. The average Bonchev–Trinajstić information content (AvgIpc) is 2.48. The molecule has 0 unspecified atom stereocenters. The number of rotatable bonds is 9. The summed E-state index contributed by atoms with van der Waals surface area (Å²) in [5, 5.41) is 2.86. The molecule has 0 bridgehead atoms. The lowest BCUT2D eigenvalue weighted by Crippen LogP contribution is -2.41. The molecule has 0 fully saturated rings. The van der Waals surface area contributed by atoms with Crippen LogP contribution < -0.4 is 5.32 Å². The molecule has 0 spiro atoms. The van der Waals surface area contributed by atoms with Gasteiger partial charge in [-0.05, 0) is 39.0 Å². The average molecular weight is 305 g/mol. The summed E-state index contributed by atoms with van der Waals surface area (Å²) >= 11 is 0. The predicted molar refractivity (Wildman–Crippen MR) is 88.6 cm³/mol. The van der Waals surface area contributed by atoms with Crippen molar-refractivity contribution in [3.05, 3.63) is 35.9 Å². The Morgan fingerprint density at radius 3 is 2.36 bits per heavy atom. The molecule has 0 saturated heterocycles. The minimum atomic E-state index is -0.0954. The van der Waals surface area contributed by atoms with Crippen molar-refractivity contribution >= 4 is 11.8 Å². The summed E-state index contributed by atoms with van der Waals surface area (Å²) in [6, 6.07) is 9.97. The molecule has 0 aromatic heterocycles. The van der Waals surface area contributed by atoms with Crippen molar-refractivity contribution in [3.63, 3.8) is 0 Å². The Morgan fingerprint density at radius 1 is 1.09 bits per heavy atom. The van der Waals surface area contributed by atoms with Gasteiger partial charge in [-0.2, -0.15) is 0 Å². The van der Waals surface area contributed by atoms with Gasteiger partial charge in [0.1, 0.15) is 0 Å². The van der Waals surface area contributed by atoms with Gasteiger partial charge in [0.05, 0.1) is 6.54 Å². The quantitative estimate of drug-likeness (QED) is 0.696. The Balaban J connectivity index is 2.34. The van der Waals surface area contributed by atoms with Crippen LogP contribution in [0, 0.1) is 0 Å². The molecule has 0 aliphatic carbocycles. The van der Waals surface area contributed by atoms with Gasteiger partial charge in [-0.25, -0.2) is 0 Å². The molecule has 5 nitrogen and oxygen atoms in total. The van der Waals surface area contributed by atoms with Gasteiger partial charge in [0.15, 0.2) is 0 Å². The van der Waals surface area contributed by atoms with Crippen LogP contribution in [0.25, 0.3) is 0 Å². The molecule has 5 heteroatoms. The minimum Gasteiger partial charge on any atom is -0.355 e. The van der Waals surface area contributed by atoms with E-state index in [1.165, 1.54) is 12.5 Å². The molecule has 1 aromatic rings. The van der Waals surface area contributed by atoms with Crippen LogP contribution in [0.4, 0.5) is 0 Å². The summed E-state index contributed by atoms with van der Waals surface area (Å²) < 4.78 is 0. The van der Waals surface area contributed by atoms with Crippen LogP contribution in [0.15, 0.2) is 30.3 Å². The number of nitrogens with zero attached hydrogens (tertiary/aromatic N) is 2. The highest BCUT2D eigenvalue weighted by molar-refractivity contribution is 5.83. The van der Waals surface area contributed by atoms with Gasteiger partial charge in [-0.3, -0.25) is 9.59 Å². The third-order valence-corrected chi connectivity index (χ3v) is 3.40. The predicted octanol–water partition coefficient (Wildman–Crippen LogP) is 1.15.